The lowest BCUT2D eigenvalue weighted by Crippen LogP contribution is -2.42. The Morgan fingerprint density at radius 2 is 2.05 bits per heavy atom. The van der Waals surface area contributed by atoms with Gasteiger partial charge in [0.25, 0.3) is 0 Å². The number of aromatic hydroxyl groups is 1. The molecule has 0 spiro atoms. The Morgan fingerprint density at radius 3 is 2.85 bits per heavy atom. The molecule has 2 heterocycles. The van der Waals surface area contributed by atoms with E-state index in [1.54, 1.807) is 17.6 Å². The number of pyridine rings is 1. The highest BCUT2D eigenvalue weighted by Gasteiger charge is 2.13. The minimum atomic E-state index is 0.185. The van der Waals surface area contributed by atoms with E-state index in [1.807, 2.05) is 12.1 Å². The van der Waals surface area contributed by atoms with E-state index >= 15 is 0 Å². The molecule has 20 heavy (non-hydrogen) atoms. The number of aromatic nitrogens is 1. The standard InChI is InChI=1S/C16H19N3O/c20-15-9-14(10-18-11-15)16-4-2-1-3-13(16)12-19-7-5-17-6-8-19/h1-4,9-11,17,20H,5-8,12H2/i/hD. The number of piperazine rings is 1. The smallest absolute Gasteiger partial charge is 0.134 e. The van der Waals surface area contributed by atoms with E-state index in [9.17, 15) is 5.11 Å². The van der Waals surface area contributed by atoms with Crippen LogP contribution in [0.2, 0.25) is 1.41 Å². The maximum atomic E-state index is 9.62. The quantitative estimate of drug-likeness (QED) is 0.894. The molecule has 1 saturated heterocycles. The maximum Gasteiger partial charge on any atom is 0.134 e. The molecule has 2 N–H and O–H groups in total. The molecule has 0 saturated carbocycles. The van der Waals surface area contributed by atoms with Gasteiger partial charge in [0, 0.05) is 44.5 Å². The molecule has 104 valence electrons. The number of hydrogen-bond acceptors (Lipinski definition) is 4. The summed E-state index contributed by atoms with van der Waals surface area (Å²) in [5, 5.41) is 11.2. The fraction of sp³-hybridized carbons (Fsp3) is 0.312. The predicted molar refractivity (Wildman–Crippen MR) is 79.5 cm³/mol. The highest BCUT2D eigenvalue weighted by Crippen LogP contribution is 2.26. The predicted octanol–water partition coefficient (Wildman–Crippen LogP) is 1.86. The van der Waals surface area contributed by atoms with E-state index in [-0.39, 0.29) is 5.75 Å². The second-order valence-corrected chi connectivity index (χ2v) is 5.04. The first-order valence-corrected chi connectivity index (χ1v) is 6.91. The van der Waals surface area contributed by atoms with Crippen LogP contribution in [0.15, 0.2) is 42.7 Å². The van der Waals surface area contributed by atoms with E-state index in [2.05, 4.69) is 22.0 Å². The van der Waals surface area contributed by atoms with Crippen LogP contribution in [-0.2, 0) is 6.54 Å². The van der Waals surface area contributed by atoms with Crippen molar-refractivity contribution < 1.29 is 6.52 Å². The third kappa shape index (κ3) is 2.98. The van der Waals surface area contributed by atoms with Gasteiger partial charge in [-0.05, 0) is 17.2 Å². The van der Waals surface area contributed by atoms with Gasteiger partial charge >= 0.3 is 0 Å². The minimum absolute atomic E-state index is 0.185. The molecule has 1 aromatic heterocycles. The molecule has 0 aliphatic carbocycles. The summed E-state index contributed by atoms with van der Waals surface area (Å²) < 4.78 is 7.61. The highest BCUT2D eigenvalue weighted by molar-refractivity contribution is 5.67. The lowest BCUT2D eigenvalue weighted by molar-refractivity contribution is 0.233. The van der Waals surface area contributed by atoms with Crippen LogP contribution in [0.25, 0.3) is 11.1 Å². The topological polar surface area (TPSA) is 48.4 Å². The summed E-state index contributed by atoms with van der Waals surface area (Å²) in [7, 11) is 0. The number of nitrogens with zero attached hydrogens (tertiary/aromatic N) is 2. The third-order valence-corrected chi connectivity index (χ3v) is 3.59. The van der Waals surface area contributed by atoms with Gasteiger partial charge in [-0.25, -0.2) is 0 Å². The van der Waals surface area contributed by atoms with Gasteiger partial charge in [0.2, 0.25) is 0 Å². The van der Waals surface area contributed by atoms with Crippen molar-refractivity contribution in [2.24, 2.45) is 0 Å². The molecule has 1 aliphatic rings. The molecule has 4 heteroatoms. The summed E-state index contributed by atoms with van der Waals surface area (Å²) in [5.41, 5.74) is 3.27. The normalized spacial score (nSPS) is 17.9. The fourth-order valence-electron chi connectivity index (χ4n) is 2.56. The molecule has 1 fully saturated rings. The zero-order valence-electron chi connectivity index (χ0n) is 12.4. The monoisotopic (exact) mass is 270 g/mol. The maximum absolute atomic E-state index is 9.62. The first-order valence-electron chi connectivity index (χ1n) is 7.35. The Kier molecular flexibility index (Phi) is 3.58. The van der Waals surface area contributed by atoms with Gasteiger partial charge in [-0.15, -0.1) is 0 Å². The van der Waals surface area contributed by atoms with Gasteiger partial charge in [-0.1, -0.05) is 24.3 Å². The van der Waals surface area contributed by atoms with Gasteiger partial charge in [-0.2, -0.15) is 0 Å². The van der Waals surface area contributed by atoms with Crippen molar-refractivity contribution in [3.63, 3.8) is 0 Å². The number of benzene rings is 1. The van der Waals surface area contributed by atoms with Crippen molar-refractivity contribution >= 4 is 0 Å². The molecule has 1 aromatic carbocycles. The summed E-state index contributed by atoms with van der Waals surface area (Å²) in [6, 6.07) is 9.97. The van der Waals surface area contributed by atoms with Crippen molar-refractivity contribution in [3.05, 3.63) is 48.3 Å². The third-order valence-electron chi connectivity index (χ3n) is 3.59. The van der Waals surface area contributed by atoms with Gasteiger partial charge in [0.05, 0.1) is 6.20 Å². The van der Waals surface area contributed by atoms with Crippen LogP contribution in [0.5, 0.6) is 5.75 Å². The van der Waals surface area contributed by atoms with Gasteiger partial charge in [0.15, 0.2) is 0 Å². The average Bonchev–Trinajstić information content (AvgIpc) is 2.50. The second-order valence-electron chi connectivity index (χ2n) is 5.04. The Bertz CT molecular complexity index is 612. The fourth-order valence-corrected chi connectivity index (χ4v) is 2.56. The summed E-state index contributed by atoms with van der Waals surface area (Å²) in [6.07, 6.45) is 3.22. The second kappa shape index (κ2) is 6.03. The Balaban J connectivity index is 1.83. The lowest BCUT2D eigenvalue weighted by Gasteiger charge is -2.28. The van der Waals surface area contributed by atoms with Crippen LogP contribution in [0.4, 0.5) is 0 Å². The van der Waals surface area contributed by atoms with Crippen molar-refractivity contribution in [2.75, 3.05) is 26.2 Å². The zero-order chi connectivity index (χ0) is 14.7. The van der Waals surface area contributed by atoms with Crippen molar-refractivity contribution in [3.8, 4) is 16.9 Å². The molecule has 0 amide bonds. The van der Waals surface area contributed by atoms with E-state index in [4.69, 9.17) is 1.41 Å². The first kappa shape index (κ1) is 11.9. The largest absolute Gasteiger partial charge is 0.506 e. The summed E-state index contributed by atoms with van der Waals surface area (Å²) in [6.45, 7) is 4.26. The molecule has 0 atom stereocenters. The van der Waals surface area contributed by atoms with Crippen LogP contribution in [-0.4, -0.2) is 41.2 Å². The van der Waals surface area contributed by atoms with Crippen molar-refractivity contribution in [1.82, 2.24) is 15.2 Å². The molecule has 0 radical (unpaired) electrons. The summed E-state index contributed by atoms with van der Waals surface area (Å²) in [5.74, 6) is 0.185. The number of rotatable bonds is 3. The molecule has 4 nitrogen and oxygen atoms in total. The Morgan fingerprint density at radius 1 is 1.25 bits per heavy atom. The van der Waals surface area contributed by atoms with Crippen LogP contribution in [0.3, 0.4) is 0 Å². The van der Waals surface area contributed by atoms with E-state index in [1.165, 1.54) is 11.8 Å². The summed E-state index contributed by atoms with van der Waals surface area (Å²) in [4.78, 5) is 6.42. The van der Waals surface area contributed by atoms with Crippen LogP contribution in [0.1, 0.15) is 5.56 Å². The molecule has 2 aromatic rings. The van der Waals surface area contributed by atoms with E-state index in [0.717, 1.165) is 43.9 Å². The Hall–Kier alpha value is -1.91. The molecular weight excluding hydrogens is 250 g/mol. The minimum Gasteiger partial charge on any atom is -0.506 e. The Labute approximate surface area is 120 Å². The number of nitrogens with one attached hydrogen (secondary N) is 1. The van der Waals surface area contributed by atoms with Gasteiger partial charge in [-0.3, -0.25) is 9.88 Å². The molecular formula is C16H19N3O. The lowest BCUT2D eigenvalue weighted by atomic mass is 10.0. The first-order chi connectivity index (χ1) is 10.2. The van der Waals surface area contributed by atoms with Crippen LogP contribution in [0, 0.1) is 0 Å². The molecule has 3 rings (SSSR count). The van der Waals surface area contributed by atoms with Crippen LogP contribution >= 0.6 is 0 Å². The van der Waals surface area contributed by atoms with E-state index in [0.29, 0.717) is 0 Å². The SMILES string of the molecule is [2H]N1CCN(Cc2ccccc2-c2cncc(O)c2)CC1. The van der Waals surface area contributed by atoms with Crippen molar-refractivity contribution in [1.29, 1.82) is 0 Å². The van der Waals surface area contributed by atoms with Gasteiger partial charge in [0.1, 0.15) is 7.16 Å². The van der Waals surface area contributed by atoms with Crippen LogP contribution < -0.4 is 5.31 Å². The van der Waals surface area contributed by atoms with Gasteiger partial charge < -0.3 is 10.4 Å². The summed E-state index contributed by atoms with van der Waals surface area (Å²) >= 11 is 0. The van der Waals surface area contributed by atoms with E-state index < -0.39 is 0 Å². The molecule has 1 aliphatic heterocycles. The highest BCUT2D eigenvalue weighted by atomic mass is 16.3. The zero-order valence-corrected chi connectivity index (χ0v) is 11.4. The van der Waals surface area contributed by atoms with Crippen molar-refractivity contribution in [2.45, 2.75) is 6.54 Å². The molecule has 0 unspecified atom stereocenters. The molecule has 0 bridgehead atoms. The average molecular weight is 270 g/mol. The number of hydrogen-bond donors (Lipinski definition) is 2.